The third kappa shape index (κ3) is 4.66. The number of fused-ring (bicyclic) bond motifs is 6. The van der Waals surface area contributed by atoms with Crippen molar-refractivity contribution in [2.45, 2.75) is 12.3 Å². The van der Waals surface area contributed by atoms with E-state index in [1.807, 2.05) is 30.3 Å². The first-order valence-electron chi connectivity index (χ1n) is 17.4. The minimum Gasteiger partial charge on any atom is -0.456 e. The summed E-state index contributed by atoms with van der Waals surface area (Å²) in [5.74, 6) is 0.703. The highest BCUT2D eigenvalue weighted by molar-refractivity contribution is 6.06. The van der Waals surface area contributed by atoms with Gasteiger partial charge in [0.15, 0.2) is 5.82 Å². The van der Waals surface area contributed by atoms with Gasteiger partial charge in [-0.1, -0.05) is 146 Å². The Labute approximate surface area is 296 Å². The number of hydrogen-bond donors (Lipinski definition) is 0. The molecule has 10 rings (SSSR count). The first-order chi connectivity index (χ1) is 25.1. The average molecular weight is 653 g/mol. The molecule has 1 unspecified atom stereocenters. The fourth-order valence-corrected chi connectivity index (χ4v) is 8.05. The third-order valence-electron chi connectivity index (χ3n) is 10.6. The molecule has 0 N–H and O–H groups in total. The van der Waals surface area contributed by atoms with Crippen LogP contribution in [0.25, 0.3) is 78.1 Å². The van der Waals surface area contributed by atoms with Gasteiger partial charge >= 0.3 is 0 Å². The van der Waals surface area contributed by atoms with E-state index in [2.05, 4.69) is 153 Å². The van der Waals surface area contributed by atoms with Crippen molar-refractivity contribution in [3.63, 3.8) is 0 Å². The Kier molecular flexibility index (Phi) is 6.62. The van der Waals surface area contributed by atoms with Gasteiger partial charge in [0.2, 0.25) is 0 Å². The largest absolute Gasteiger partial charge is 0.456 e. The second kappa shape index (κ2) is 11.5. The first kappa shape index (κ1) is 29.3. The Bertz CT molecular complexity index is 2760. The van der Waals surface area contributed by atoms with Gasteiger partial charge in [-0.2, -0.15) is 0 Å². The lowest BCUT2D eigenvalue weighted by Crippen LogP contribution is -2.22. The maximum Gasteiger partial charge on any atom is 0.160 e. The zero-order chi connectivity index (χ0) is 33.9. The van der Waals surface area contributed by atoms with Crippen molar-refractivity contribution in [1.29, 1.82) is 0 Å². The molecule has 2 heterocycles. The normalized spacial score (nSPS) is 14.8. The van der Waals surface area contributed by atoms with Crippen LogP contribution in [0, 0.1) is 0 Å². The van der Waals surface area contributed by atoms with Crippen LogP contribution < -0.4 is 0 Å². The predicted molar refractivity (Wildman–Crippen MR) is 208 cm³/mol. The lowest BCUT2D eigenvalue weighted by atomic mass is 9.74. The Morgan fingerprint density at radius 2 is 1.06 bits per heavy atom. The molecule has 0 spiro atoms. The van der Waals surface area contributed by atoms with Crippen LogP contribution in [0.1, 0.15) is 23.6 Å². The van der Waals surface area contributed by atoms with Crippen LogP contribution in [0.4, 0.5) is 0 Å². The van der Waals surface area contributed by atoms with Gasteiger partial charge in [-0.3, -0.25) is 0 Å². The molecule has 0 amide bonds. The van der Waals surface area contributed by atoms with E-state index in [1.54, 1.807) is 0 Å². The summed E-state index contributed by atoms with van der Waals surface area (Å²) < 4.78 is 6.12. The highest BCUT2D eigenvalue weighted by Crippen LogP contribution is 2.55. The molecule has 0 bridgehead atoms. The van der Waals surface area contributed by atoms with Crippen molar-refractivity contribution in [2.75, 3.05) is 0 Å². The van der Waals surface area contributed by atoms with E-state index in [4.69, 9.17) is 14.4 Å². The van der Waals surface area contributed by atoms with E-state index >= 15 is 0 Å². The quantitative estimate of drug-likeness (QED) is 0.186. The van der Waals surface area contributed by atoms with Gasteiger partial charge in [0.25, 0.3) is 0 Å². The van der Waals surface area contributed by atoms with Crippen LogP contribution in [-0.4, -0.2) is 9.97 Å². The zero-order valence-corrected chi connectivity index (χ0v) is 28.0. The summed E-state index contributed by atoms with van der Waals surface area (Å²) in [5, 5.41) is 2.24. The molecule has 0 saturated carbocycles. The van der Waals surface area contributed by atoms with Crippen LogP contribution >= 0.6 is 0 Å². The molecule has 0 aliphatic heterocycles. The van der Waals surface area contributed by atoms with Gasteiger partial charge < -0.3 is 4.42 Å². The summed E-state index contributed by atoms with van der Waals surface area (Å²) in [6.45, 7) is 2.35. The Morgan fingerprint density at radius 1 is 0.431 bits per heavy atom. The Balaban J connectivity index is 1.16. The van der Waals surface area contributed by atoms with Crippen LogP contribution in [0.3, 0.4) is 0 Å². The maximum atomic E-state index is 6.12. The number of furan rings is 1. The summed E-state index contributed by atoms with van der Waals surface area (Å²) in [4.78, 5) is 10.5. The number of para-hydroxylation sites is 1. The van der Waals surface area contributed by atoms with E-state index in [0.717, 1.165) is 61.1 Å². The van der Waals surface area contributed by atoms with E-state index in [9.17, 15) is 0 Å². The smallest absolute Gasteiger partial charge is 0.160 e. The highest BCUT2D eigenvalue weighted by atomic mass is 16.3. The monoisotopic (exact) mass is 652 g/mol. The lowest BCUT2D eigenvalue weighted by molar-refractivity contribution is 0.669. The van der Waals surface area contributed by atoms with Crippen molar-refractivity contribution < 1.29 is 4.42 Å². The van der Waals surface area contributed by atoms with Gasteiger partial charge in [0.1, 0.15) is 11.2 Å². The zero-order valence-electron chi connectivity index (χ0n) is 28.0. The van der Waals surface area contributed by atoms with Gasteiger partial charge in [0.05, 0.1) is 11.4 Å². The lowest BCUT2D eigenvalue weighted by Gasteiger charge is -2.28. The second-order valence-corrected chi connectivity index (χ2v) is 13.5. The number of aromatic nitrogens is 2. The van der Waals surface area contributed by atoms with Crippen LogP contribution in [0.5, 0.6) is 0 Å². The van der Waals surface area contributed by atoms with Crippen LogP contribution in [0.15, 0.2) is 180 Å². The van der Waals surface area contributed by atoms with Crippen molar-refractivity contribution in [3.8, 4) is 56.2 Å². The SMILES string of the molecule is CC1(c2ccccc2)c2ccccc2-c2c(-c3cc(-c4cccc(-c5ccc6oc7ccccc7c6c5)c4)nc(-c4ccccc4)n3)cccc21. The first-order valence-corrected chi connectivity index (χ1v) is 17.4. The van der Waals surface area contributed by atoms with Gasteiger partial charge in [-0.15, -0.1) is 0 Å². The molecular formula is C48H32N2O. The second-order valence-electron chi connectivity index (χ2n) is 13.5. The van der Waals surface area contributed by atoms with E-state index in [1.165, 1.54) is 27.8 Å². The van der Waals surface area contributed by atoms with Crippen molar-refractivity contribution in [2.24, 2.45) is 0 Å². The Morgan fingerprint density at radius 3 is 1.94 bits per heavy atom. The molecule has 3 nitrogen and oxygen atoms in total. The molecule has 0 saturated heterocycles. The molecule has 1 aliphatic carbocycles. The molecule has 2 aromatic heterocycles. The summed E-state index contributed by atoms with van der Waals surface area (Å²) in [5.41, 5.74) is 15.0. The molecule has 9 aromatic rings. The summed E-state index contributed by atoms with van der Waals surface area (Å²) >= 11 is 0. The van der Waals surface area contributed by atoms with Crippen molar-refractivity contribution >= 4 is 21.9 Å². The summed E-state index contributed by atoms with van der Waals surface area (Å²) in [6.07, 6.45) is 0. The topological polar surface area (TPSA) is 38.9 Å². The van der Waals surface area contributed by atoms with Crippen molar-refractivity contribution in [3.05, 3.63) is 193 Å². The molecular weight excluding hydrogens is 621 g/mol. The summed E-state index contributed by atoms with van der Waals surface area (Å²) in [6, 6.07) is 62.2. The fourth-order valence-electron chi connectivity index (χ4n) is 8.05. The Hall–Kier alpha value is -6.58. The molecule has 0 radical (unpaired) electrons. The highest BCUT2D eigenvalue weighted by Gasteiger charge is 2.41. The van der Waals surface area contributed by atoms with Crippen molar-refractivity contribution in [1.82, 2.24) is 9.97 Å². The minimum absolute atomic E-state index is 0.295. The standard InChI is InChI=1S/C48H32N2O/c1-48(35-18-6-3-7-19-35)40-23-10-8-21-37(40)46-38(22-13-24-41(46)48)43-30-42(49-47(50-43)31-14-4-2-5-15-31)34-17-12-16-32(28-34)33-26-27-45-39(29-33)36-20-9-11-25-44(36)51-45/h2-30H,1H3. The fraction of sp³-hybridized carbons (Fsp3) is 0.0417. The molecule has 1 atom stereocenters. The van der Waals surface area contributed by atoms with Gasteiger partial charge in [-0.25, -0.2) is 9.97 Å². The minimum atomic E-state index is -0.295. The molecule has 3 heteroatoms. The summed E-state index contributed by atoms with van der Waals surface area (Å²) in [7, 11) is 0. The predicted octanol–water partition coefficient (Wildman–Crippen LogP) is 12.4. The molecule has 51 heavy (non-hydrogen) atoms. The molecule has 1 aliphatic rings. The number of nitrogens with zero attached hydrogens (tertiary/aromatic N) is 2. The molecule has 7 aromatic carbocycles. The van der Waals surface area contributed by atoms with Gasteiger partial charge in [-0.05, 0) is 76.2 Å². The van der Waals surface area contributed by atoms with Crippen LogP contribution in [-0.2, 0) is 5.41 Å². The third-order valence-corrected chi connectivity index (χ3v) is 10.6. The van der Waals surface area contributed by atoms with E-state index in [0.29, 0.717) is 5.82 Å². The number of rotatable bonds is 5. The van der Waals surface area contributed by atoms with Gasteiger partial charge in [0, 0.05) is 32.9 Å². The van der Waals surface area contributed by atoms with E-state index in [-0.39, 0.29) is 5.41 Å². The molecule has 0 fully saturated rings. The maximum absolute atomic E-state index is 6.12. The average Bonchev–Trinajstić information content (AvgIpc) is 3.71. The molecule has 240 valence electrons. The number of hydrogen-bond acceptors (Lipinski definition) is 3. The number of benzene rings is 7. The van der Waals surface area contributed by atoms with Crippen LogP contribution in [0.2, 0.25) is 0 Å². The van der Waals surface area contributed by atoms with E-state index < -0.39 is 0 Å².